The van der Waals surface area contributed by atoms with Crippen molar-refractivity contribution in [2.75, 3.05) is 6.54 Å². The third-order valence-electron chi connectivity index (χ3n) is 2.12. The van der Waals surface area contributed by atoms with E-state index in [0.29, 0.717) is 0 Å². The molecule has 0 amide bonds. The first kappa shape index (κ1) is 7.99. The molecule has 2 atom stereocenters. The molecule has 10 heavy (non-hydrogen) atoms. The van der Waals surface area contributed by atoms with E-state index in [0.717, 1.165) is 19.4 Å². The fourth-order valence-electron chi connectivity index (χ4n) is 1.45. The average molecular weight is 145 g/mol. The Balaban J connectivity index is 2.32. The van der Waals surface area contributed by atoms with Crippen LogP contribution < -0.4 is 5.32 Å². The molecule has 0 radical (unpaired) electrons. The number of halogens is 1. The highest BCUT2D eigenvalue weighted by atomic mass is 19.1. The van der Waals surface area contributed by atoms with Crippen LogP contribution in [0, 0.1) is 5.92 Å². The van der Waals surface area contributed by atoms with Gasteiger partial charge in [-0.05, 0) is 25.3 Å². The van der Waals surface area contributed by atoms with Crippen molar-refractivity contribution in [3.8, 4) is 0 Å². The second kappa shape index (κ2) is 3.33. The molecule has 1 aliphatic heterocycles. The van der Waals surface area contributed by atoms with Gasteiger partial charge in [0, 0.05) is 6.04 Å². The minimum atomic E-state index is -0.650. The van der Waals surface area contributed by atoms with Crippen molar-refractivity contribution in [3.05, 3.63) is 0 Å². The highest BCUT2D eigenvalue weighted by molar-refractivity contribution is 4.82. The number of nitrogens with one attached hydrogen (secondary N) is 1. The fraction of sp³-hybridized carbons (Fsp3) is 1.00. The molecule has 0 aromatic rings. The Morgan fingerprint density at radius 2 is 2.20 bits per heavy atom. The Kier molecular flexibility index (Phi) is 2.66. The van der Waals surface area contributed by atoms with Gasteiger partial charge >= 0.3 is 0 Å². The number of rotatable bonds is 2. The lowest BCUT2D eigenvalue weighted by Crippen LogP contribution is -2.34. The third kappa shape index (κ3) is 1.69. The summed E-state index contributed by atoms with van der Waals surface area (Å²) in [5, 5.41) is 3.16. The van der Waals surface area contributed by atoms with Crippen LogP contribution in [0.25, 0.3) is 0 Å². The molecule has 0 bridgehead atoms. The summed E-state index contributed by atoms with van der Waals surface area (Å²) in [6, 6.07) is 0.139. The second-order valence-electron chi connectivity index (χ2n) is 3.39. The van der Waals surface area contributed by atoms with Crippen molar-refractivity contribution in [2.24, 2.45) is 5.92 Å². The Morgan fingerprint density at radius 3 is 2.60 bits per heavy atom. The molecule has 60 valence electrons. The van der Waals surface area contributed by atoms with Crippen LogP contribution in [0.2, 0.25) is 0 Å². The maximum atomic E-state index is 13.2. The van der Waals surface area contributed by atoms with Crippen molar-refractivity contribution in [3.63, 3.8) is 0 Å². The zero-order valence-corrected chi connectivity index (χ0v) is 6.73. The van der Waals surface area contributed by atoms with Gasteiger partial charge in [-0.25, -0.2) is 4.39 Å². The van der Waals surface area contributed by atoms with Crippen LogP contribution in [-0.4, -0.2) is 18.8 Å². The van der Waals surface area contributed by atoms with E-state index >= 15 is 0 Å². The standard InChI is InChI=1S/C8H16FN/c1-6(2)8(9)7-4-3-5-10-7/h6-8,10H,3-5H2,1-2H3/t7-,8-/m1/s1. The lowest BCUT2D eigenvalue weighted by atomic mass is 10.0. The van der Waals surface area contributed by atoms with Crippen molar-refractivity contribution < 1.29 is 4.39 Å². The molecule has 2 heteroatoms. The Labute approximate surface area is 62.0 Å². The van der Waals surface area contributed by atoms with Crippen molar-refractivity contribution in [2.45, 2.75) is 38.9 Å². The van der Waals surface area contributed by atoms with Gasteiger partial charge in [0.25, 0.3) is 0 Å². The molecule has 1 heterocycles. The minimum Gasteiger partial charge on any atom is -0.311 e. The molecule has 0 spiro atoms. The lowest BCUT2D eigenvalue weighted by molar-refractivity contribution is 0.201. The zero-order valence-electron chi connectivity index (χ0n) is 6.73. The molecule has 1 rings (SSSR count). The molecule has 1 saturated heterocycles. The SMILES string of the molecule is CC(C)[C@@H](F)[C@H]1CCCN1. The van der Waals surface area contributed by atoms with Crippen LogP contribution in [0.15, 0.2) is 0 Å². The van der Waals surface area contributed by atoms with Gasteiger partial charge in [0.15, 0.2) is 0 Å². The van der Waals surface area contributed by atoms with E-state index < -0.39 is 6.17 Å². The van der Waals surface area contributed by atoms with E-state index in [1.807, 2.05) is 13.8 Å². The highest BCUT2D eigenvalue weighted by Gasteiger charge is 2.26. The average Bonchev–Trinajstić information content (AvgIpc) is 2.36. The fourth-order valence-corrected chi connectivity index (χ4v) is 1.45. The Hall–Kier alpha value is -0.110. The van der Waals surface area contributed by atoms with Crippen LogP contribution in [-0.2, 0) is 0 Å². The predicted molar refractivity (Wildman–Crippen MR) is 40.8 cm³/mol. The highest BCUT2D eigenvalue weighted by Crippen LogP contribution is 2.17. The van der Waals surface area contributed by atoms with E-state index in [9.17, 15) is 4.39 Å². The summed E-state index contributed by atoms with van der Waals surface area (Å²) in [4.78, 5) is 0. The van der Waals surface area contributed by atoms with E-state index in [-0.39, 0.29) is 12.0 Å². The molecule has 1 fully saturated rings. The first-order valence-electron chi connectivity index (χ1n) is 4.09. The smallest absolute Gasteiger partial charge is 0.118 e. The largest absolute Gasteiger partial charge is 0.311 e. The van der Waals surface area contributed by atoms with Gasteiger partial charge in [-0.2, -0.15) is 0 Å². The molecule has 1 N–H and O–H groups in total. The van der Waals surface area contributed by atoms with Crippen LogP contribution >= 0.6 is 0 Å². The summed E-state index contributed by atoms with van der Waals surface area (Å²) in [5.74, 6) is 0.163. The summed E-state index contributed by atoms with van der Waals surface area (Å²) in [6.07, 6.45) is 1.50. The molecule has 0 aliphatic carbocycles. The number of alkyl halides is 1. The van der Waals surface area contributed by atoms with E-state index in [1.54, 1.807) is 0 Å². The second-order valence-corrected chi connectivity index (χ2v) is 3.39. The van der Waals surface area contributed by atoms with Gasteiger partial charge in [-0.1, -0.05) is 13.8 Å². The molecule has 0 saturated carbocycles. The molecule has 0 aromatic carbocycles. The van der Waals surface area contributed by atoms with Crippen molar-refractivity contribution in [1.82, 2.24) is 5.32 Å². The summed E-state index contributed by atoms with van der Waals surface area (Å²) >= 11 is 0. The van der Waals surface area contributed by atoms with Gasteiger partial charge < -0.3 is 5.32 Å². The van der Waals surface area contributed by atoms with Gasteiger partial charge in [0.2, 0.25) is 0 Å². The predicted octanol–water partition coefficient (Wildman–Crippen LogP) is 1.73. The van der Waals surface area contributed by atoms with Gasteiger partial charge in [0.05, 0.1) is 0 Å². The van der Waals surface area contributed by atoms with Crippen LogP contribution in [0.3, 0.4) is 0 Å². The maximum absolute atomic E-state index is 13.2. The first-order valence-corrected chi connectivity index (χ1v) is 4.09. The molecule has 1 nitrogen and oxygen atoms in total. The zero-order chi connectivity index (χ0) is 7.56. The first-order chi connectivity index (χ1) is 4.72. The summed E-state index contributed by atoms with van der Waals surface area (Å²) in [5.41, 5.74) is 0. The Morgan fingerprint density at radius 1 is 1.50 bits per heavy atom. The van der Waals surface area contributed by atoms with E-state index in [4.69, 9.17) is 0 Å². The monoisotopic (exact) mass is 145 g/mol. The molecular formula is C8H16FN. The topological polar surface area (TPSA) is 12.0 Å². The lowest BCUT2D eigenvalue weighted by Gasteiger charge is -2.18. The maximum Gasteiger partial charge on any atom is 0.118 e. The normalized spacial score (nSPS) is 29.4. The third-order valence-corrected chi connectivity index (χ3v) is 2.12. The van der Waals surface area contributed by atoms with Crippen molar-refractivity contribution >= 4 is 0 Å². The van der Waals surface area contributed by atoms with Crippen LogP contribution in [0.1, 0.15) is 26.7 Å². The summed E-state index contributed by atoms with van der Waals surface area (Å²) in [7, 11) is 0. The quantitative estimate of drug-likeness (QED) is 0.624. The van der Waals surface area contributed by atoms with Gasteiger partial charge in [-0.3, -0.25) is 0 Å². The number of hydrogen-bond donors (Lipinski definition) is 1. The molecule has 1 aliphatic rings. The van der Waals surface area contributed by atoms with Crippen LogP contribution in [0.4, 0.5) is 4.39 Å². The van der Waals surface area contributed by atoms with E-state index in [1.165, 1.54) is 0 Å². The number of hydrogen-bond acceptors (Lipinski definition) is 1. The Bertz CT molecular complexity index is 97.4. The van der Waals surface area contributed by atoms with Crippen molar-refractivity contribution in [1.29, 1.82) is 0 Å². The van der Waals surface area contributed by atoms with E-state index in [2.05, 4.69) is 5.32 Å². The molecular weight excluding hydrogens is 129 g/mol. The summed E-state index contributed by atoms with van der Waals surface area (Å²) < 4.78 is 13.2. The molecule has 0 unspecified atom stereocenters. The molecule has 0 aromatic heterocycles. The minimum absolute atomic E-state index is 0.139. The summed E-state index contributed by atoms with van der Waals surface area (Å²) in [6.45, 7) is 4.87. The van der Waals surface area contributed by atoms with Crippen LogP contribution in [0.5, 0.6) is 0 Å². The van der Waals surface area contributed by atoms with Gasteiger partial charge in [0.1, 0.15) is 6.17 Å². The van der Waals surface area contributed by atoms with Gasteiger partial charge in [-0.15, -0.1) is 0 Å².